The van der Waals surface area contributed by atoms with Gasteiger partial charge in [-0.25, -0.2) is 9.97 Å². The lowest BCUT2D eigenvalue weighted by atomic mass is 10.1. The van der Waals surface area contributed by atoms with Crippen LogP contribution in [0.15, 0.2) is 42.6 Å². The third-order valence-electron chi connectivity index (χ3n) is 4.10. The monoisotopic (exact) mass is 356 g/mol. The number of carbonyl (C=O) groups excluding carboxylic acids is 1. The van der Waals surface area contributed by atoms with E-state index in [4.69, 9.17) is 11.6 Å². The number of nitrogens with one attached hydrogen (secondary N) is 1. The lowest BCUT2D eigenvalue weighted by Gasteiger charge is -2.26. The summed E-state index contributed by atoms with van der Waals surface area (Å²) in [5.41, 5.74) is 1.61. The van der Waals surface area contributed by atoms with Crippen molar-refractivity contribution >= 4 is 29.5 Å². The zero-order valence-electron chi connectivity index (χ0n) is 14.0. The lowest BCUT2D eigenvalue weighted by molar-refractivity contribution is -0.116. The maximum atomic E-state index is 12.0. The summed E-state index contributed by atoms with van der Waals surface area (Å²) < 4.78 is 0. The zero-order chi connectivity index (χ0) is 17.5. The fraction of sp³-hybridized carbons (Fsp3) is 0.316. The molecule has 0 atom stereocenters. The average Bonchev–Trinajstić information content (AvgIpc) is 2.67. The Kier molecular flexibility index (Phi) is 6.01. The van der Waals surface area contributed by atoms with Crippen LogP contribution in [-0.2, 0) is 11.3 Å². The highest BCUT2D eigenvalue weighted by molar-refractivity contribution is 6.32. The highest BCUT2D eigenvalue weighted by atomic mass is 35.5. The van der Waals surface area contributed by atoms with Crippen LogP contribution in [0, 0.1) is 0 Å². The average molecular weight is 357 g/mol. The number of hydrogen-bond acceptors (Lipinski definition) is 4. The largest absolute Gasteiger partial charge is 0.347 e. The van der Waals surface area contributed by atoms with Crippen LogP contribution >= 0.6 is 11.6 Å². The van der Waals surface area contributed by atoms with Gasteiger partial charge >= 0.3 is 0 Å². The Morgan fingerprint density at radius 3 is 2.80 bits per heavy atom. The molecule has 130 valence electrons. The molecule has 25 heavy (non-hydrogen) atoms. The molecule has 6 heteroatoms. The summed E-state index contributed by atoms with van der Waals surface area (Å²) >= 11 is 6.07. The number of aromatic nitrogens is 2. The van der Waals surface area contributed by atoms with Crippen LogP contribution in [0.4, 0.5) is 5.95 Å². The SMILES string of the molecule is O=C(/C=C/c1ccccc1Cl)NCc1ccnc(N2CCCCC2)n1. The Balaban J connectivity index is 1.56. The van der Waals surface area contributed by atoms with Crippen LogP contribution < -0.4 is 10.2 Å². The van der Waals surface area contributed by atoms with E-state index in [9.17, 15) is 4.79 Å². The third kappa shape index (κ3) is 5.03. The molecule has 1 aromatic heterocycles. The van der Waals surface area contributed by atoms with E-state index in [2.05, 4.69) is 20.2 Å². The van der Waals surface area contributed by atoms with Crippen molar-refractivity contribution in [3.05, 3.63) is 58.9 Å². The van der Waals surface area contributed by atoms with E-state index in [0.717, 1.165) is 30.3 Å². The van der Waals surface area contributed by atoms with Crippen LogP contribution in [0.5, 0.6) is 0 Å². The molecule has 1 N–H and O–H groups in total. The van der Waals surface area contributed by atoms with Crippen molar-refractivity contribution in [3.63, 3.8) is 0 Å². The molecule has 0 unspecified atom stereocenters. The van der Waals surface area contributed by atoms with E-state index >= 15 is 0 Å². The predicted octanol–water partition coefficient (Wildman–Crippen LogP) is 3.45. The maximum Gasteiger partial charge on any atom is 0.244 e. The summed E-state index contributed by atoms with van der Waals surface area (Å²) in [7, 11) is 0. The molecule has 1 aliphatic rings. The van der Waals surface area contributed by atoms with Gasteiger partial charge in [0.1, 0.15) is 0 Å². The van der Waals surface area contributed by atoms with Gasteiger partial charge in [0.2, 0.25) is 11.9 Å². The van der Waals surface area contributed by atoms with Gasteiger partial charge in [-0.15, -0.1) is 0 Å². The number of halogens is 1. The van der Waals surface area contributed by atoms with Gasteiger partial charge in [-0.05, 0) is 43.0 Å². The quantitative estimate of drug-likeness (QED) is 0.834. The Morgan fingerprint density at radius 1 is 1.20 bits per heavy atom. The van der Waals surface area contributed by atoms with Gasteiger partial charge in [0.25, 0.3) is 0 Å². The number of anilines is 1. The maximum absolute atomic E-state index is 12.0. The molecule has 5 nitrogen and oxygen atoms in total. The summed E-state index contributed by atoms with van der Waals surface area (Å²) in [6, 6.07) is 9.22. The number of benzene rings is 1. The molecule has 3 rings (SSSR count). The fourth-order valence-electron chi connectivity index (χ4n) is 2.74. The van der Waals surface area contributed by atoms with Gasteiger partial charge in [0.15, 0.2) is 0 Å². The Bertz CT molecular complexity index is 757. The molecule has 1 aromatic carbocycles. The molecule has 0 spiro atoms. The molecule has 0 aliphatic carbocycles. The van der Waals surface area contributed by atoms with Crippen molar-refractivity contribution in [2.24, 2.45) is 0 Å². The number of amides is 1. The second-order valence-corrected chi connectivity index (χ2v) is 6.38. The van der Waals surface area contributed by atoms with Gasteiger partial charge in [0, 0.05) is 30.4 Å². The molecule has 1 fully saturated rings. The minimum Gasteiger partial charge on any atom is -0.347 e. The molecular weight excluding hydrogens is 336 g/mol. The van der Waals surface area contributed by atoms with Gasteiger partial charge in [-0.2, -0.15) is 0 Å². The van der Waals surface area contributed by atoms with Gasteiger partial charge in [0.05, 0.1) is 12.2 Å². The summed E-state index contributed by atoms with van der Waals surface area (Å²) in [6.07, 6.45) is 8.56. The normalized spacial score (nSPS) is 14.7. The fourth-order valence-corrected chi connectivity index (χ4v) is 2.94. The molecule has 1 saturated heterocycles. The predicted molar refractivity (Wildman–Crippen MR) is 100 cm³/mol. The van der Waals surface area contributed by atoms with Crippen molar-refractivity contribution in [3.8, 4) is 0 Å². The van der Waals surface area contributed by atoms with Crippen molar-refractivity contribution in [2.75, 3.05) is 18.0 Å². The van der Waals surface area contributed by atoms with Crippen LogP contribution in [-0.4, -0.2) is 29.0 Å². The van der Waals surface area contributed by atoms with E-state index in [0.29, 0.717) is 11.6 Å². The Hall–Kier alpha value is -2.40. The van der Waals surface area contributed by atoms with Crippen molar-refractivity contribution in [1.29, 1.82) is 0 Å². The van der Waals surface area contributed by atoms with E-state index < -0.39 is 0 Å². The number of nitrogens with zero attached hydrogens (tertiary/aromatic N) is 3. The van der Waals surface area contributed by atoms with Crippen LogP contribution in [0.3, 0.4) is 0 Å². The zero-order valence-corrected chi connectivity index (χ0v) is 14.7. The number of piperidine rings is 1. The van der Waals surface area contributed by atoms with Crippen LogP contribution in [0.25, 0.3) is 6.08 Å². The summed E-state index contributed by atoms with van der Waals surface area (Å²) in [4.78, 5) is 23.1. The van der Waals surface area contributed by atoms with Gasteiger partial charge in [-0.1, -0.05) is 29.8 Å². The summed E-state index contributed by atoms with van der Waals surface area (Å²) in [6.45, 7) is 2.36. The molecular formula is C19H21ClN4O. The first-order valence-electron chi connectivity index (χ1n) is 8.50. The Labute approximate surface area is 152 Å². The Morgan fingerprint density at radius 2 is 2.00 bits per heavy atom. The summed E-state index contributed by atoms with van der Waals surface area (Å²) in [5.74, 6) is 0.566. The molecule has 2 aromatic rings. The van der Waals surface area contributed by atoms with Gasteiger partial charge in [-0.3, -0.25) is 4.79 Å². The first-order valence-corrected chi connectivity index (χ1v) is 8.87. The third-order valence-corrected chi connectivity index (χ3v) is 4.45. The number of rotatable bonds is 5. The van der Waals surface area contributed by atoms with Crippen molar-refractivity contribution in [2.45, 2.75) is 25.8 Å². The lowest BCUT2D eigenvalue weighted by Crippen LogP contribution is -2.31. The smallest absolute Gasteiger partial charge is 0.244 e. The molecule has 2 heterocycles. The van der Waals surface area contributed by atoms with Gasteiger partial charge < -0.3 is 10.2 Å². The molecule has 0 bridgehead atoms. The molecule has 0 radical (unpaired) electrons. The van der Waals surface area contributed by atoms with Crippen LogP contribution in [0.1, 0.15) is 30.5 Å². The van der Waals surface area contributed by atoms with Crippen LogP contribution in [0.2, 0.25) is 5.02 Å². The van der Waals surface area contributed by atoms with E-state index in [1.807, 2.05) is 24.3 Å². The number of carbonyl (C=O) groups is 1. The van der Waals surface area contributed by atoms with E-state index in [-0.39, 0.29) is 5.91 Å². The topological polar surface area (TPSA) is 58.1 Å². The second-order valence-electron chi connectivity index (χ2n) is 5.97. The minimum atomic E-state index is -0.182. The van der Waals surface area contributed by atoms with E-state index in [1.54, 1.807) is 18.3 Å². The number of hydrogen-bond donors (Lipinski definition) is 1. The first-order chi connectivity index (χ1) is 12.2. The second kappa shape index (κ2) is 8.62. The van der Waals surface area contributed by atoms with Crippen molar-refractivity contribution < 1.29 is 4.79 Å². The minimum absolute atomic E-state index is 0.182. The molecule has 1 aliphatic heterocycles. The standard InChI is InChI=1S/C19H21ClN4O/c20-17-7-3-2-6-15(17)8-9-18(25)22-14-16-10-11-21-19(23-16)24-12-4-1-5-13-24/h2-3,6-11H,1,4-5,12-14H2,(H,22,25)/b9-8+. The first kappa shape index (κ1) is 17.4. The van der Waals surface area contributed by atoms with E-state index in [1.165, 1.54) is 25.3 Å². The van der Waals surface area contributed by atoms with Crippen molar-refractivity contribution in [1.82, 2.24) is 15.3 Å². The molecule has 1 amide bonds. The summed E-state index contributed by atoms with van der Waals surface area (Å²) in [5, 5.41) is 3.46. The highest BCUT2D eigenvalue weighted by Crippen LogP contribution is 2.16. The molecule has 0 saturated carbocycles. The highest BCUT2D eigenvalue weighted by Gasteiger charge is 2.13.